The SMILES string of the molecule is CC(C)[C@@H](OC(=O)C1CCC1)C(=O)NC(N)=O. The second kappa shape index (κ2) is 5.65. The van der Waals surface area contributed by atoms with Gasteiger partial charge in [-0.05, 0) is 18.8 Å². The number of nitrogens with two attached hydrogens (primary N) is 1. The van der Waals surface area contributed by atoms with E-state index in [0.29, 0.717) is 0 Å². The molecule has 1 saturated carbocycles. The van der Waals surface area contributed by atoms with Crippen LogP contribution in [0.5, 0.6) is 0 Å². The van der Waals surface area contributed by atoms with Crippen LogP contribution in [0.1, 0.15) is 33.1 Å². The van der Waals surface area contributed by atoms with Crippen LogP contribution in [0, 0.1) is 11.8 Å². The summed E-state index contributed by atoms with van der Waals surface area (Å²) >= 11 is 0. The highest BCUT2D eigenvalue weighted by molar-refractivity contribution is 5.96. The lowest BCUT2D eigenvalue weighted by molar-refractivity contribution is -0.164. The average molecular weight is 242 g/mol. The fourth-order valence-corrected chi connectivity index (χ4v) is 1.55. The van der Waals surface area contributed by atoms with Gasteiger partial charge >= 0.3 is 12.0 Å². The number of amides is 3. The molecule has 0 unspecified atom stereocenters. The van der Waals surface area contributed by atoms with Crippen LogP contribution in [0.2, 0.25) is 0 Å². The molecule has 0 aromatic carbocycles. The van der Waals surface area contributed by atoms with E-state index in [2.05, 4.69) is 0 Å². The number of ether oxygens (including phenoxy) is 1. The van der Waals surface area contributed by atoms with E-state index >= 15 is 0 Å². The molecule has 0 aromatic rings. The standard InChI is InChI=1S/C11H18N2O4/c1-6(2)8(9(14)13-11(12)16)17-10(15)7-4-3-5-7/h6-8H,3-5H2,1-2H3,(H3,12,13,14,16)/t8-/m1/s1. The highest BCUT2D eigenvalue weighted by Gasteiger charge is 2.33. The third kappa shape index (κ3) is 3.72. The summed E-state index contributed by atoms with van der Waals surface area (Å²) in [6.45, 7) is 3.47. The molecule has 3 N–H and O–H groups in total. The minimum atomic E-state index is -0.962. The van der Waals surface area contributed by atoms with Crippen LogP contribution in [0.4, 0.5) is 4.79 Å². The van der Waals surface area contributed by atoms with Crippen molar-refractivity contribution in [1.82, 2.24) is 5.32 Å². The van der Waals surface area contributed by atoms with Gasteiger partial charge in [0.05, 0.1) is 5.92 Å². The Balaban J connectivity index is 2.55. The van der Waals surface area contributed by atoms with Crippen molar-refractivity contribution >= 4 is 17.9 Å². The smallest absolute Gasteiger partial charge is 0.318 e. The molecule has 1 atom stereocenters. The summed E-state index contributed by atoms with van der Waals surface area (Å²) in [4.78, 5) is 33.8. The number of primary amides is 1. The number of urea groups is 1. The molecule has 6 heteroatoms. The second-order valence-corrected chi connectivity index (χ2v) is 4.58. The maximum atomic E-state index is 11.6. The maximum absolute atomic E-state index is 11.6. The molecule has 3 amide bonds. The molecule has 0 saturated heterocycles. The molecule has 0 aromatic heterocycles. The lowest BCUT2D eigenvalue weighted by Crippen LogP contribution is -2.46. The Morgan fingerprint density at radius 3 is 2.24 bits per heavy atom. The summed E-state index contributed by atoms with van der Waals surface area (Å²) in [5, 5.41) is 1.93. The van der Waals surface area contributed by atoms with Gasteiger partial charge in [-0.1, -0.05) is 20.3 Å². The normalized spacial score (nSPS) is 17.1. The molecule has 17 heavy (non-hydrogen) atoms. The van der Waals surface area contributed by atoms with Crippen molar-refractivity contribution in [2.75, 3.05) is 0 Å². The van der Waals surface area contributed by atoms with Crippen LogP contribution in [0.25, 0.3) is 0 Å². The van der Waals surface area contributed by atoms with Crippen molar-refractivity contribution in [3.8, 4) is 0 Å². The monoisotopic (exact) mass is 242 g/mol. The third-order valence-corrected chi connectivity index (χ3v) is 2.79. The minimum Gasteiger partial charge on any atom is -0.452 e. The number of rotatable bonds is 4. The van der Waals surface area contributed by atoms with Gasteiger partial charge in [0.25, 0.3) is 5.91 Å². The highest BCUT2D eigenvalue weighted by atomic mass is 16.5. The first kappa shape index (κ1) is 13.5. The minimum absolute atomic E-state index is 0.0994. The number of carbonyl (C=O) groups is 3. The average Bonchev–Trinajstić information content (AvgIpc) is 2.09. The molecule has 1 rings (SSSR count). The summed E-state index contributed by atoms with van der Waals surface area (Å²) in [5.41, 5.74) is 4.85. The molecule has 6 nitrogen and oxygen atoms in total. The summed E-state index contributed by atoms with van der Waals surface area (Å²) in [5.74, 6) is -1.34. The van der Waals surface area contributed by atoms with E-state index in [0.717, 1.165) is 19.3 Å². The fraction of sp³-hybridized carbons (Fsp3) is 0.727. The molecule has 0 heterocycles. The van der Waals surface area contributed by atoms with Crippen LogP contribution in [-0.2, 0) is 14.3 Å². The molecule has 0 spiro atoms. The molecule has 96 valence electrons. The first-order chi connectivity index (χ1) is 7.91. The first-order valence-electron chi connectivity index (χ1n) is 5.72. The molecular formula is C11H18N2O4. The molecule has 0 bridgehead atoms. The van der Waals surface area contributed by atoms with Crippen molar-refractivity contribution in [2.24, 2.45) is 17.6 Å². The van der Waals surface area contributed by atoms with E-state index < -0.39 is 18.0 Å². The van der Waals surface area contributed by atoms with Crippen molar-refractivity contribution in [1.29, 1.82) is 0 Å². The second-order valence-electron chi connectivity index (χ2n) is 4.58. The van der Waals surface area contributed by atoms with Gasteiger partial charge in [-0.3, -0.25) is 14.9 Å². The lowest BCUT2D eigenvalue weighted by atomic mass is 9.85. The fourth-order valence-electron chi connectivity index (χ4n) is 1.55. The predicted octanol–water partition coefficient (Wildman–Crippen LogP) is 0.549. The van der Waals surface area contributed by atoms with Gasteiger partial charge in [0.15, 0.2) is 6.10 Å². The number of hydrogen-bond donors (Lipinski definition) is 2. The van der Waals surface area contributed by atoms with Gasteiger partial charge in [0, 0.05) is 0 Å². The summed E-state index contributed by atoms with van der Waals surface area (Å²) in [6, 6.07) is -0.944. The molecule has 0 aliphatic heterocycles. The van der Waals surface area contributed by atoms with Gasteiger partial charge in [-0.2, -0.15) is 0 Å². The number of nitrogens with one attached hydrogen (secondary N) is 1. The number of esters is 1. The van der Waals surface area contributed by atoms with Gasteiger partial charge in [-0.25, -0.2) is 4.79 Å². The van der Waals surface area contributed by atoms with Crippen LogP contribution in [-0.4, -0.2) is 24.0 Å². The topological polar surface area (TPSA) is 98.5 Å². The summed E-state index contributed by atoms with van der Waals surface area (Å²) in [6.07, 6.45) is 1.66. The van der Waals surface area contributed by atoms with Crippen molar-refractivity contribution < 1.29 is 19.1 Å². The number of imide groups is 1. The van der Waals surface area contributed by atoms with Crippen LogP contribution in [0.3, 0.4) is 0 Å². The largest absolute Gasteiger partial charge is 0.452 e. The summed E-state index contributed by atoms with van der Waals surface area (Å²) < 4.78 is 5.12. The Labute approximate surface area is 99.9 Å². The Morgan fingerprint density at radius 1 is 1.29 bits per heavy atom. The molecule has 1 aliphatic carbocycles. The zero-order valence-corrected chi connectivity index (χ0v) is 10.1. The Kier molecular flexibility index (Phi) is 4.48. The van der Waals surface area contributed by atoms with Crippen molar-refractivity contribution in [2.45, 2.75) is 39.2 Å². The Hall–Kier alpha value is -1.59. The molecule has 1 aliphatic rings. The van der Waals surface area contributed by atoms with E-state index in [9.17, 15) is 14.4 Å². The van der Waals surface area contributed by atoms with E-state index in [-0.39, 0.29) is 17.8 Å². The van der Waals surface area contributed by atoms with Crippen LogP contribution < -0.4 is 11.1 Å². The quantitative estimate of drug-likeness (QED) is 0.703. The van der Waals surface area contributed by atoms with E-state index in [1.54, 1.807) is 13.8 Å². The van der Waals surface area contributed by atoms with Crippen LogP contribution in [0.15, 0.2) is 0 Å². The Morgan fingerprint density at radius 2 is 1.88 bits per heavy atom. The maximum Gasteiger partial charge on any atom is 0.318 e. The van der Waals surface area contributed by atoms with Crippen molar-refractivity contribution in [3.05, 3.63) is 0 Å². The van der Waals surface area contributed by atoms with E-state index in [4.69, 9.17) is 10.5 Å². The van der Waals surface area contributed by atoms with E-state index in [1.807, 2.05) is 5.32 Å². The van der Waals surface area contributed by atoms with Gasteiger partial charge in [0.2, 0.25) is 0 Å². The van der Waals surface area contributed by atoms with Crippen LogP contribution >= 0.6 is 0 Å². The van der Waals surface area contributed by atoms with E-state index in [1.165, 1.54) is 0 Å². The zero-order chi connectivity index (χ0) is 13.0. The van der Waals surface area contributed by atoms with Gasteiger partial charge in [-0.15, -0.1) is 0 Å². The first-order valence-corrected chi connectivity index (χ1v) is 5.72. The van der Waals surface area contributed by atoms with Gasteiger partial charge < -0.3 is 10.5 Å². The molecular weight excluding hydrogens is 224 g/mol. The Bertz CT molecular complexity index is 323. The van der Waals surface area contributed by atoms with Crippen molar-refractivity contribution in [3.63, 3.8) is 0 Å². The number of hydrogen-bond acceptors (Lipinski definition) is 4. The van der Waals surface area contributed by atoms with Gasteiger partial charge in [0.1, 0.15) is 0 Å². The zero-order valence-electron chi connectivity index (χ0n) is 10.1. The molecule has 1 fully saturated rings. The molecule has 0 radical (unpaired) electrons. The lowest BCUT2D eigenvalue weighted by Gasteiger charge is -2.27. The number of carbonyl (C=O) groups excluding carboxylic acids is 3. The third-order valence-electron chi connectivity index (χ3n) is 2.79. The highest BCUT2D eigenvalue weighted by Crippen LogP contribution is 2.28. The summed E-state index contributed by atoms with van der Waals surface area (Å²) in [7, 11) is 0. The predicted molar refractivity (Wildman–Crippen MR) is 59.8 cm³/mol.